The van der Waals surface area contributed by atoms with Crippen LogP contribution in [0.5, 0.6) is 0 Å². The smallest absolute Gasteiger partial charge is 0.162 e. The van der Waals surface area contributed by atoms with Crippen LogP contribution in [-0.4, -0.2) is 24.1 Å². The van der Waals surface area contributed by atoms with Crippen molar-refractivity contribution in [1.82, 2.24) is 0 Å². The zero-order valence-corrected chi connectivity index (χ0v) is 16.3. The first kappa shape index (κ1) is 17.6. The molecule has 4 aliphatic rings. The topological polar surface area (TPSA) is 46.5 Å². The van der Waals surface area contributed by atoms with Gasteiger partial charge in [-0.15, -0.1) is 0 Å². The number of Topliss-reactive ketones (excluding diaryl/α,β-unsaturated/α-hetero) is 1. The van der Waals surface area contributed by atoms with Gasteiger partial charge in [-0.3, -0.25) is 4.79 Å². The Morgan fingerprint density at radius 1 is 1.08 bits per heavy atom. The van der Waals surface area contributed by atoms with E-state index in [0.29, 0.717) is 35.3 Å². The van der Waals surface area contributed by atoms with Crippen LogP contribution in [0.2, 0.25) is 0 Å². The Hall–Kier alpha value is -0.830. The molecule has 0 heterocycles. The number of aliphatic hydroxyl groups is 1. The number of ether oxygens (including phenoxy) is 1. The van der Waals surface area contributed by atoms with Crippen molar-refractivity contribution in [2.45, 2.75) is 78.2 Å². The summed E-state index contributed by atoms with van der Waals surface area (Å²) in [6.45, 7) is 6.59. The fourth-order valence-corrected chi connectivity index (χ4v) is 7.64. The molecule has 25 heavy (non-hydrogen) atoms. The fraction of sp³-hybridized carbons (Fsp3) is 0.864. The van der Waals surface area contributed by atoms with Crippen LogP contribution < -0.4 is 0 Å². The predicted molar refractivity (Wildman–Crippen MR) is 98.2 cm³/mol. The van der Waals surface area contributed by atoms with E-state index < -0.39 is 0 Å². The number of carbonyl (C=O) groups excluding carboxylic acids is 1. The number of hydrogen-bond acceptors (Lipinski definition) is 3. The minimum absolute atomic E-state index is 0.183. The lowest BCUT2D eigenvalue weighted by Gasteiger charge is -2.60. The average Bonchev–Trinajstić information content (AvgIpc) is 2.91. The average molecular weight is 347 g/mol. The van der Waals surface area contributed by atoms with E-state index in [1.54, 1.807) is 6.92 Å². The van der Waals surface area contributed by atoms with Gasteiger partial charge in [-0.05, 0) is 86.4 Å². The summed E-state index contributed by atoms with van der Waals surface area (Å²) in [7, 11) is 1.89. The second kappa shape index (κ2) is 5.84. The Labute approximate surface area is 152 Å². The van der Waals surface area contributed by atoms with Crippen LogP contribution in [0.3, 0.4) is 0 Å². The number of methoxy groups -OCH3 is 1. The molecule has 7 atom stereocenters. The molecule has 0 aliphatic heterocycles. The zero-order chi connectivity index (χ0) is 18.0. The van der Waals surface area contributed by atoms with Gasteiger partial charge in [0.1, 0.15) is 0 Å². The predicted octanol–water partition coefficient (Wildman–Crippen LogP) is 5.06. The van der Waals surface area contributed by atoms with Gasteiger partial charge in [0.2, 0.25) is 0 Å². The highest BCUT2D eigenvalue weighted by atomic mass is 16.5. The van der Waals surface area contributed by atoms with Crippen LogP contribution in [0.15, 0.2) is 11.3 Å². The van der Waals surface area contributed by atoms with Crippen molar-refractivity contribution in [2.24, 2.45) is 34.5 Å². The molecule has 3 nitrogen and oxygen atoms in total. The summed E-state index contributed by atoms with van der Waals surface area (Å²) in [5.74, 6) is 3.20. The van der Waals surface area contributed by atoms with Gasteiger partial charge >= 0.3 is 0 Å². The van der Waals surface area contributed by atoms with Gasteiger partial charge in [-0.1, -0.05) is 13.8 Å². The molecule has 3 heteroatoms. The fourth-order valence-electron chi connectivity index (χ4n) is 7.64. The molecule has 0 bridgehead atoms. The van der Waals surface area contributed by atoms with Crippen LogP contribution in [0.25, 0.3) is 0 Å². The van der Waals surface area contributed by atoms with Gasteiger partial charge in [-0.2, -0.15) is 0 Å². The Kier molecular flexibility index (Phi) is 4.10. The van der Waals surface area contributed by atoms with Crippen LogP contribution in [-0.2, 0) is 9.53 Å². The van der Waals surface area contributed by atoms with Crippen molar-refractivity contribution in [2.75, 3.05) is 7.11 Å². The maximum absolute atomic E-state index is 12.5. The van der Waals surface area contributed by atoms with Crippen molar-refractivity contribution in [3.63, 3.8) is 0 Å². The van der Waals surface area contributed by atoms with Crippen molar-refractivity contribution >= 4 is 5.78 Å². The van der Waals surface area contributed by atoms with Gasteiger partial charge < -0.3 is 9.84 Å². The third-order valence-electron chi connectivity index (χ3n) is 9.03. The Bertz CT molecular complexity index is 604. The Morgan fingerprint density at radius 2 is 1.80 bits per heavy atom. The first-order chi connectivity index (χ1) is 11.8. The summed E-state index contributed by atoms with van der Waals surface area (Å²) in [6.07, 6.45) is 9.36. The van der Waals surface area contributed by atoms with Gasteiger partial charge in [0.15, 0.2) is 5.78 Å². The summed E-state index contributed by atoms with van der Waals surface area (Å²) in [6, 6.07) is 0. The maximum atomic E-state index is 12.5. The molecule has 4 aliphatic carbocycles. The van der Waals surface area contributed by atoms with E-state index >= 15 is 0 Å². The molecule has 0 aromatic carbocycles. The number of ketones is 1. The molecular formula is C22H34O3. The van der Waals surface area contributed by atoms with E-state index in [2.05, 4.69) is 13.8 Å². The Balaban J connectivity index is 1.66. The number of aliphatic hydroxyl groups excluding tert-OH is 1. The van der Waals surface area contributed by atoms with Crippen molar-refractivity contribution in [1.29, 1.82) is 0 Å². The Morgan fingerprint density at radius 3 is 2.48 bits per heavy atom. The van der Waals surface area contributed by atoms with E-state index in [4.69, 9.17) is 4.74 Å². The molecule has 140 valence electrons. The maximum Gasteiger partial charge on any atom is 0.162 e. The van der Waals surface area contributed by atoms with Gasteiger partial charge in [0.05, 0.1) is 11.9 Å². The van der Waals surface area contributed by atoms with E-state index in [1.807, 2.05) is 7.11 Å². The number of rotatable bonds is 1. The van der Waals surface area contributed by atoms with E-state index in [-0.39, 0.29) is 17.0 Å². The second-order valence-corrected chi connectivity index (χ2v) is 9.87. The molecule has 0 radical (unpaired) electrons. The molecule has 0 saturated heterocycles. The molecule has 1 N–H and O–H groups in total. The highest BCUT2D eigenvalue weighted by Gasteiger charge is 2.60. The highest BCUT2D eigenvalue weighted by molar-refractivity contribution is 5.97. The van der Waals surface area contributed by atoms with Crippen molar-refractivity contribution < 1.29 is 14.6 Å². The largest absolute Gasteiger partial charge is 0.512 e. The summed E-state index contributed by atoms with van der Waals surface area (Å²) >= 11 is 0. The first-order valence-electron chi connectivity index (χ1n) is 10.3. The second-order valence-electron chi connectivity index (χ2n) is 9.87. The lowest BCUT2D eigenvalue weighted by molar-refractivity contribution is -0.136. The number of fused-ring (bicyclic) bond motifs is 5. The van der Waals surface area contributed by atoms with Gasteiger partial charge in [0, 0.05) is 19.1 Å². The third-order valence-corrected chi connectivity index (χ3v) is 9.03. The van der Waals surface area contributed by atoms with E-state index in [9.17, 15) is 9.90 Å². The van der Waals surface area contributed by atoms with Gasteiger partial charge in [-0.25, -0.2) is 0 Å². The number of hydrogen-bond donors (Lipinski definition) is 1. The van der Waals surface area contributed by atoms with Crippen molar-refractivity contribution in [3.05, 3.63) is 11.3 Å². The molecule has 2 unspecified atom stereocenters. The van der Waals surface area contributed by atoms with Crippen molar-refractivity contribution in [3.8, 4) is 0 Å². The normalized spacial score (nSPS) is 51.5. The standard InChI is InChI=1S/C22H34O3/c1-13(23)16-12-22(3)14(11-19(16)24)5-6-15-17-7-8-20(25-4)21(17,2)10-9-18(15)22/h14-15,17-18,20,23H,5-12H2,1-4H3/t14?,15-,17-,18+,20?,21-,22-/m0/s1. The lowest BCUT2D eigenvalue weighted by Crippen LogP contribution is -2.54. The highest BCUT2D eigenvalue weighted by Crippen LogP contribution is 2.66. The zero-order valence-electron chi connectivity index (χ0n) is 16.3. The molecule has 4 fully saturated rings. The monoisotopic (exact) mass is 346 g/mol. The first-order valence-corrected chi connectivity index (χ1v) is 10.3. The molecule has 4 saturated carbocycles. The van der Waals surface area contributed by atoms with Crippen LogP contribution in [0.1, 0.15) is 72.1 Å². The summed E-state index contributed by atoms with van der Waals surface area (Å²) in [4.78, 5) is 12.5. The SMILES string of the molecule is COC1CC[C@H]2[C@@H]3CCC4CC(=O)C(=C(C)O)C[C@]4(C)[C@@H]3CC[C@]12C. The minimum atomic E-state index is 0.183. The quantitative estimate of drug-likeness (QED) is 0.533. The molecule has 0 spiro atoms. The molecule has 4 rings (SSSR count). The molecule has 0 aromatic rings. The number of allylic oxidation sites excluding steroid dienone is 2. The third kappa shape index (κ3) is 2.37. The summed E-state index contributed by atoms with van der Waals surface area (Å²) in [5.41, 5.74) is 1.24. The summed E-state index contributed by atoms with van der Waals surface area (Å²) in [5, 5.41) is 10.0. The van der Waals surface area contributed by atoms with E-state index in [0.717, 1.165) is 18.3 Å². The molecule has 0 amide bonds. The lowest BCUT2D eigenvalue weighted by atomic mass is 9.45. The molecular weight excluding hydrogens is 312 g/mol. The van der Waals surface area contributed by atoms with Crippen LogP contribution in [0, 0.1) is 34.5 Å². The minimum Gasteiger partial charge on any atom is -0.512 e. The van der Waals surface area contributed by atoms with Crippen LogP contribution in [0.4, 0.5) is 0 Å². The van der Waals surface area contributed by atoms with Crippen LogP contribution >= 0.6 is 0 Å². The van der Waals surface area contributed by atoms with Gasteiger partial charge in [0.25, 0.3) is 0 Å². The number of carbonyl (C=O) groups is 1. The van der Waals surface area contributed by atoms with E-state index in [1.165, 1.54) is 38.5 Å². The molecule has 0 aromatic heterocycles. The summed E-state index contributed by atoms with van der Waals surface area (Å²) < 4.78 is 5.87.